The van der Waals surface area contributed by atoms with Crippen molar-refractivity contribution < 1.29 is 16.8 Å². The fourth-order valence-electron chi connectivity index (χ4n) is 2.76. The van der Waals surface area contributed by atoms with Crippen LogP contribution in [-0.4, -0.2) is 81.2 Å². The molecule has 0 N–H and O–H groups in total. The number of sulfonamides is 1. The summed E-state index contributed by atoms with van der Waals surface area (Å²) in [4.78, 5) is 0. The van der Waals surface area contributed by atoms with Gasteiger partial charge in [-0.3, -0.25) is 0 Å². The fourth-order valence-corrected chi connectivity index (χ4v) is 5.55. The van der Waals surface area contributed by atoms with Crippen LogP contribution in [-0.2, 0) is 20.2 Å². The van der Waals surface area contributed by atoms with Crippen molar-refractivity contribution in [3.8, 4) is 0 Å². The third kappa shape index (κ3) is 4.08. The maximum Gasteiger partial charge on any atom is 0.282 e. The number of rotatable bonds is 4. The second kappa shape index (κ2) is 6.67. The quantitative estimate of drug-likeness (QED) is 0.649. The molecule has 0 radical (unpaired) electrons. The lowest BCUT2D eigenvalue weighted by atomic mass is 10.0. The van der Waals surface area contributed by atoms with E-state index in [-0.39, 0.29) is 32.1 Å². The molecule has 10 heteroatoms. The summed E-state index contributed by atoms with van der Waals surface area (Å²) < 4.78 is 52.3. The van der Waals surface area contributed by atoms with Crippen molar-refractivity contribution in [2.24, 2.45) is 5.92 Å². The van der Waals surface area contributed by atoms with Crippen LogP contribution in [0.25, 0.3) is 0 Å². The predicted octanol–water partition coefficient (Wildman–Crippen LogP) is -0.241. The zero-order valence-electron chi connectivity index (χ0n) is 12.1. The average Bonchev–Trinajstić information content (AvgIpc) is 2.46. The Morgan fingerprint density at radius 3 is 2.05 bits per heavy atom. The Morgan fingerprint density at radius 1 is 0.952 bits per heavy atom. The van der Waals surface area contributed by atoms with Gasteiger partial charge in [0, 0.05) is 45.1 Å². The molecule has 0 saturated carbocycles. The van der Waals surface area contributed by atoms with E-state index in [1.54, 1.807) is 0 Å². The first-order valence-electron chi connectivity index (χ1n) is 7.01. The van der Waals surface area contributed by atoms with Crippen molar-refractivity contribution in [3.05, 3.63) is 0 Å². The molecule has 0 bridgehead atoms. The smallest absolute Gasteiger partial charge is 0.213 e. The maximum atomic E-state index is 12.6. The molecule has 1 atom stereocenters. The Morgan fingerprint density at radius 2 is 1.52 bits per heavy atom. The minimum absolute atomic E-state index is 0.201. The van der Waals surface area contributed by atoms with Crippen molar-refractivity contribution in [3.63, 3.8) is 0 Å². The Balaban J connectivity index is 2.01. The number of alkyl halides is 1. The van der Waals surface area contributed by atoms with Gasteiger partial charge in [-0.05, 0) is 18.8 Å². The lowest BCUT2D eigenvalue weighted by molar-refractivity contribution is 0.230. The molecule has 1 unspecified atom stereocenters. The highest BCUT2D eigenvalue weighted by Gasteiger charge is 2.36. The molecule has 0 spiro atoms. The Kier molecular flexibility index (Phi) is 5.54. The fraction of sp³-hybridized carbons (Fsp3) is 1.00. The van der Waals surface area contributed by atoms with Gasteiger partial charge in [-0.25, -0.2) is 8.42 Å². The highest BCUT2D eigenvalue weighted by molar-refractivity contribution is 7.88. The molecular weight excluding hydrogens is 338 g/mol. The van der Waals surface area contributed by atoms with Crippen LogP contribution in [0, 0.1) is 5.92 Å². The molecule has 2 rings (SSSR count). The van der Waals surface area contributed by atoms with E-state index in [1.165, 1.54) is 12.9 Å². The lowest BCUT2D eigenvalue weighted by Gasteiger charge is -2.38. The topological polar surface area (TPSA) is 78.0 Å². The standard InChI is InChI=1S/C11H22ClN3O4S2/c1-20(16,17)13-5-7-14(8-6-13)21(18,19)15-4-2-3-11(9-12)10-15/h11H,2-10H2,1H3. The van der Waals surface area contributed by atoms with E-state index in [2.05, 4.69) is 0 Å². The van der Waals surface area contributed by atoms with Gasteiger partial charge in [-0.2, -0.15) is 21.3 Å². The van der Waals surface area contributed by atoms with Crippen LogP contribution in [0.4, 0.5) is 0 Å². The molecule has 0 aromatic heterocycles. The molecule has 2 aliphatic rings. The van der Waals surface area contributed by atoms with Gasteiger partial charge in [0.25, 0.3) is 10.2 Å². The van der Waals surface area contributed by atoms with Crippen LogP contribution in [0.1, 0.15) is 12.8 Å². The molecule has 0 aromatic rings. The van der Waals surface area contributed by atoms with E-state index in [0.717, 1.165) is 19.1 Å². The number of piperazine rings is 1. The summed E-state index contributed by atoms with van der Waals surface area (Å²) in [6, 6.07) is 0. The van der Waals surface area contributed by atoms with E-state index in [4.69, 9.17) is 11.6 Å². The van der Waals surface area contributed by atoms with Crippen molar-refractivity contribution in [1.29, 1.82) is 0 Å². The molecule has 0 aromatic carbocycles. The zero-order chi connectivity index (χ0) is 15.7. The van der Waals surface area contributed by atoms with Crippen molar-refractivity contribution in [2.75, 3.05) is 51.4 Å². The van der Waals surface area contributed by atoms with Crippen LogP contribution in [0.3, 0.4) is 0 Å². The van der Waals surface area contributed by atoms with E-state index < -0.39 is 20.2 Å². The summed E-state index contributed by atoms with van der Waals surface area (Å²) in [5, 5.41) is 0. The summed E-state index contributed by atoms with van der Waals surface area (Å²) in [5.41, 5.74) is 0. The first-order chi connectivity index (χ1) is 9.75. The highest BCUT2D eigenvalue weighted by atomic mass is 35.5. The maximum absolute atomic E-state index is 12.6. The summed E-state index contributed by atoms with van der Waals surface area (Å²) in [7, 11) is -6.76. The number of hydrogen-bond acceptors (Lipinski definition) is 4. The molecule has 0 aliphatic carbocycles. The molecule has 2 heterocycles. The van der Waals surface area contributed by atoms with E-state index >= 15 is 0 Å². The second-order valence-corrected chi connectivity index (χ2v) is 9.81. The predicted molar refractivity (Wildman–Crippen MR) is 81.9 cm³/mol. The second-order valence-electron chi connectivity index (χ2n) is 5.59. The minimum Gasteiger partial charge on any atom is -0.213 e. The van der Waals surface area contributed by atoms with Crippen LogP contribution in [0.2, 0.25) is 0 Å². The minimum atomic E-state index is -3.51. The summed E-state index contributed by atoms with van der Waals surface area (Å²) >= 11 is 5.84. The largest absolute Gasteiger partial charge is 0.282 e. The average molecular weight is 360 g/mol. The SMILES string of the molecule is CS(=O)(=O)N1CCN(S(=O)(=O)N2CCCC(CCl)C2)CC1. The first-order valence-corrected chi connectivity index (χ1v) is 10.8. The molecule has 0 amide bonds. The van der Waals surface area contributed by atoms with Crippen molar-refractivity contribution >= 4 is 31.8 Å². The molecule has 2 fully saturated rings. The van der Waals surface area contributed by atoms with Gasteiger partial charge in [0.05, 0.1) is 6.26 Å². The lowest BCUT2D eigenvalue weighted by Crippen LogP contribution is -2.55. The molecular formula is C11H22ClN3O4S2. The number of nitrogens with zero attached hydrogens (tertiary/aromatic N) is 3. The van der Waals surface area contributed by atoms with Gasteiger partial charge in [0.15, 0.2) is 0 Å². The van der Waals surface area contributed by atoms with Crippen molar-refractivity contribution in [1.82, 2.24) is 12.9 Å². The third-order valence-corrected chi connectivity index (χ3v) is 7.76. The molecule has 124 valence electrons. The third-order valence-electron chi connectivity index (χ3n) is 4.02. The molecule has 7 nitrogen and oxygen atoms in total. The summed E-state index contributed by atoms with van der Waals surface area (Å²) in [5.74, 6) is 0.668. The van der Waals surface area contributed by atoms with E-state index in [0.29, 0.717) is 19.0 Å². The van der Waals surface area contributed by atoms with Crippen molar-refractivity contribution in [2.45, 2.75) is 12.8 Å². The van der Waals surface area contributed by atoms with Crippen LogP contribution in [0.15, 0.2) is 0 Å². The van der Waals surface area contributed by atoms with Gasteiger partial charge in [-0.1, -0.05) is 0 Å². The highest BCUT2D eigenvalue weighted by Crippen LogP contribution is 2.23. The van der Waals surface area contributed by atoms with Crippen LogP contribution in [0.5, 0.6) is 0 Å². The Labute approximate surface area is 132 Å². The first kappa shape index (κ1) is 17.4. The number of halogens is 1. The zero-order valence-corrected chi connectivity index (χ0v) is 14.5. The number of piperidine rings is 1. The molecule has 2 aliphatic heterocycles. The van der Waals surface area contributed by atoms with Gasteiger partial charge in [0.1, 0.15) is 0 Å². The van der Waals surface area contributed by atoms with E-state index in [9.17, 15) is 16.8 Å². The van der Waals surface area contributed by atoms with E-state index in [1.807, 2.05) is 0 Å². The summed E-state index contributed by atoms with van der Waals surface area (Å²) in [6.45, 7) is 1.81. The Bertz CT molecular complexity index is 558. The summed E-state index contributed by atoms with van der Waals surface area (Å²) in [6.07, 6.45) is 2.92. The monoisotopic (exact) mass is 359 g/mol. The molecule has 21 heavy (non-hydrogen) atoms. The van der Waals surface area contributed by atoms with Gasteiger partial charge >= 0.3 is 0 Å². The van der Waals surface area contributed by atoms with Crippen LogP contribution >= 0.6 is 11.6 Å². The Hall–Kier alpha value is 0.0700. The molecule has 2 saturated heterocycles. The normalized spacial score (nSPS) is 27.8. The number of hydrogen-bond donors (Lipinski definition) is 0. The van der Waals surface area contributed by atoms with Crippen LogP contribution < -0.4 is 0 Å². The van der Waals surface area contributed by atoms with Gasteiger partial charge in [0.2, 0.25) is 10.0 Å². The van der Waals surface area contributed by atoms with Gasteiger partial charge < -0.3 is 0 Å². The van der Waals surface area contributed by atoms with Gasteiger partial charge in [-0.15, -0.1) is 11.6 Å².